The third-order valence-corrected chi connectivity index (χ3v) is 3.81. The van der Waals surface area contributed by atoms with Gasteiger partial charge in [-0.05, 0) is 57.6 Å². The molecular formula is C23H28F3N3O. The van der Waals surface area contributed by atoms with Gasteiger partial charge in [-0.15, -0.1) is 0 Å². The second kappa shape index (κ2) is 12.4. The van der Waals surface area contributed by atoms with Gasteiger partial charge in [0.2, 0.25) is 0 Å². The maximum Gasteiger partial charge on any atom is 0.422 e. The summed E-state index contributed by atoms with van der Waals surface area (Å²) in [6.07, 6.45) is 6.76. The van der Waals surface area contributed by atoms with Crippen LogP contribution in [0.1, 0.15) is 26.3 Å². The van der Waals surface area contributed by atoms with E-state index < -0.39 is 12.8 Å². The van der Waals surface area contributed by atoms with Crippen LogP contribution >= 0.6 is 0 Å². The van der Waals surface area contributed by atoms with Crippen LogP contribution in [-0.4, -0.2) is 19.1 Å². The van der Waals surface area contributed by atoms with Crippen LogP contribution in [0, 0.1) is 6.92 Å². The van der Waals surface area contributed by atoms with Gasteiger partial charge >= 0.3 is 6.18 Å². The number of hydrazine groups is 1. The van der Waals surface area contributed by atoms with E-state index in [1.165, 1.54) is 18.6 Å². The Kier molecular flexibility index (Phi) is 10.2. The fourth-order valence-corrected chi connectivity index (χ4v) is 2.47. The monoisotopic (exact) mass is 419 g/mol. The van der Waals surface area contributed by atoms with Crippen molar-refractivity contribution in [2.24, 2.45) is 4.99 Å². The van der Waals surface area contributed by atoms with E-state index in [9.17, 15) is 13.2 Å². The minimum atomic E-state index is -4.42. The van der Waals surface area contributed by atoms with Crippen LogP contribution in [0.5, 0.6) is 0 Å². The van der Waals surface area contributed by atoms with Crippen molar-refractivity contribution in [1.29, 1.82) is 0 Å². The van der Waals surface area contributed by atoms with Crippen molar-refractivity contribution >= 4 is 12.0 Å². The molecule has 0 aliphatic carbocycles. The zero-order valence-electron chi connectivity index (χ0n) is 17.7. The van der Waals surface area contributed by atoms with Gasteiger partial charge in [-0.3, -0.25) is 10.4 Å². The number of aliphatic imine (C=N–C) groups is 1. The molecule has 1 N–H and O–H groups in total. The minimum absolute atomic E-state index is 0.103. The van der Waals surface area contributed by atoms with Gasteiger partial charge in [0.25, 0.3) is 0 Å². The lowest BCUT2D eigenvalue weighted by atomic mass is 10.1. The van der Waals surface area contributed by atoms with E-state index >= 15 is 0 Å². The van der Waals surface area contributed by atoms with Crippen molar-refractivity contribution in [2.75, 3.05) is 11.6 Å². The highest BCUT2D eigenvalue weighted by Gasteiger charge is 2.28. The fraction of sp³-hybridized carbons (Fsp3) is 0.261. The SMILES string of the molecule is C=CN=CNN(C(=C\C)/C(/C=C(\C=C/C)OCC(F)(F)F)=C/C)c1ccc(C)cc1. The van der Waals surface area contributed by atoms with Gasteiger partial charge in [-0.1, -0.05) is 42.5 Å². The van der Waals surface area contributed by atoms with E-state index in [0.29, 0.717) is 11.3 Å². The predicted octanol–water partition coefficient (Wildman–Crippen LogP) is 6.37. The Morgan fingerprint density at radius 2 is 1.83 bits per heavy atom. The average molecular weight is 419 g/mol. The van der Waals surface area contributed by atoms with E-state index in [0.717, 1.165) is 11.3 Å². The lowest BCUT2D eigenvalue weighted by Gasteiger charge is -2.28. The Hall–Kier alpha value is -3.22. The van der Waals surface area contributed by atoms with Crippen LogP contribution in [0.2, 0.25) is 0 Å². The molecule has 1 aromatic rings. The van der Waals surface area contributed by atoms with E-state index in [2.05, 4.69) is 17.0 Å². The normalized spacial score (nSPS) is 13.8. The molecule has 0 aromatic heterocycles. The van der Waals surface area contributed by atoms with Gasteiger partial charge in [0.15, 0.2) is 6.61 Å². The first kappa shape index (κ1) is 24.8. The standard InChI is InChI=1S/C23H28F3N3O/c1-6-10-21(30-16-23(24,25)26)15-19(7-2)22(8-3)29(28-17-27-9-4)20-13-11-18(5)12-14-20/h6-15,17H,4,16H2,1-3,5H3,(H,27,28)/b10-6-,19-7+,21-15+,22-8-. The van der Waals surface area contributed by atoms with Crippen molar-refractivity contribution in [3.8, 4) is 0 Å². The molecule has 0 aliphatic rings. The molecule has 0 saturated carbocycles. The Balaban J connectivity index is 3.35. The van der Waals surface area contributed by atoms with Gasteiger partial charge < -0.3 is 4.74 Å². The summed E-state index contributed by atoms with van der Waals surface area (Å²) in [6.45, 7) is 9.52. The summed E-state index contributed by atoms with van der Waals surface area (Å²) in [5, 5.41) is 1.77. The van der Waals surface area contributed by atoms with Crippen LogP contribution in [0.15, 0.2) is 89.4 Å². The van der Waals surface area contributed by atoms with Crippen LogP contribution in [-0.2, 0) is 4.74 Å². The first-order chi connectivity index (χ1) is 14.3. The molecule has 0 unspecified atom stereocenters. The number of ether oxygens (including phenoxy) is 1. The molecule has 0 heterocycles. The van der Waals surface area contributed by atoms with E-state index in [-0.39, 0.29) is 5.76 Å². The number of hydrogen-bond acceptors (Lipinski definition) is 3. The molecule has 0 bridgehead atoms. The molecule has 0 spiro atoms. The van der Waals surface area contributed by atoms with Gasteiger partial charge in [0.1, 0.15) is 12.1 Å². The molecule has 7 heteroatoms. The third kappa shape index (κ3) is 8.43. The number of halogens is 3. The van der Waals surface area contributed by atoms with Crippen LogP contribution in [0.3, 0.4) is 0 Å². The molecule has 1 aromatic carbocycles. The van der Waals surface area contributed by atoms with Crippen LogP contribution < -0.4 is 10.4 Å². The number of allylic oxidation sites excluding steroid dienone is 5. The predicted molar refractivity (Wildman–Crippen MR) is 118 cm³/mol. The number of rotatable bonds is 10. The molecule has 162 valence electrons. The molecule has 0 amide bonds. The number of aryl methyl sites for hydroxylation is 1. The molecular weight excluding hydrogens is 391 g/mol. The van der Waals surface area contributed by atoms with E-state index in [1.807, 2.05) is 44.2 Å². The number of alkyl halides is 3. The summed E-state index contributed by atoms with van der Waals surface area (Å²) in [5.41, 5.74) is 6.36. The number of nitrogens with zero attached hydrogens (tertiary/aromatic N) is 2. The molecule has 0 aliphatic heterocycles. The second-order valence-corrected chi connectivity index (χ2v) is 6.13. The smallest absolute Gasteiger partial charge is 0.422 e. The van der Waals surface area contributed by atoms with Crippen LogP contribution in [0.4, 0.5) is 18.9 Å². The van der Waals surface area contributed by atoms with Gasteiger partial charge in [-0.25, -0.2) is 4.99 Å². The molecule has 0 fully saturated rings. The Bertz CT molecular complexity index is 832. The second-order valence-electron chi connectivity index (χ2n) is 6.13. The van der Waals surface area contributed by atoms with Crippen LogP contribution in [0.25, 0.3) is 0 Å². The molecule has 0 atom stereocenters. The Morgan fingerprint density at radius 1 is 1.17 bits per heavy atom. The van der Waals surface area contributed by atoms with Crippen molar-refractivity contribution < 1.29 is 17.9 Å². The zero-order valence-corrected chi connectivity index (χ0v) is 17.7. The maximum absolute atomic E-state index is 12.6. The van der Waals surface area contributed by atoms with Gasteiger partial charge in [-0.2, -0.15) is 13.2 Å². The lowest BCUT2D eigenvalue weighted by Crippen LogP contribution is -2.37. The van der Waals surface area contributed by atoms with Crippen molar-refractivity contribution in [2.45, 2.75) is 33.9 Å². The molecule has 30 heavy (non-hydrogen) atoms. The van der Waals surface area contributed by atoms with Gasteiger partial charge in [0, 0.05) is 6.20 Å². The first-order valence-corrected chi connectivity index (χ1v) is 9.38. The quantitative estimate of drug-likeness (QED) is 0.157. The third-order valence-electron chi connectivity index (χ3n) is 3.81. The molecule has 1 rings (SSSR count). The van der Waals surface area contributed by atoms with Crippen molar-refractivity contribution in [3.05, 3.63) is 90.0 Å². The highest BCUT2D eigenvalue weighted by atomic mass is 19.4. The molecule has 4 nitrogen and oxygen atoms in total. The zero-order chi connectivity index (χ0) is 22.6. The highest BCUT2D eigenvalue weighted by molar-refractivity contribution is 5.66. The Labute approximate surface area is 176 Å². The maximum atomic E-state index is 12.6. The number of anilines is 1. The number of benzene rings is 1. The summed E-state index contributed by atoms with van der Waals surface area (Å²) in [6, 6.07) is 7.78. The lowest BCUT2D eigenvalue weighted by molar-refractivity contribution is -0.163. The highest BCUT2D eigenvalue weighted by Crippen LogP contribution is 2.25. The van der Waals surface area contributed by atoms with Gasteiger partial charge in [0.05, 0.1) is 11.4 Å². The average Bonchev–Trinajstić information content (AvgIpc) is 2.70. The topological polar surface area (TPSA) is 36.9 Å². The largest absolute Gasteiger partial charge is 0.484 e. The van der Waals surface area contributed by atoms with Crippen molar-refractivity contribution in [1.82, 2.24) is 5.43 Å². The molecule has 0 radical (unpaired) electrons. The van der Waals surface area contributed by atoms with Crippen molar-refractivity contribution in [3.63, 3.8) is 0 Å². The van der Waals surface area contributed by atoms with E-state index in [1.54, 1.807) is 37.1 Å². The van der Waals surface area contributed by atoms with E-state index in [4.69, 9.17) is 4.74 Å². The summed E-state index contributed by atoms with van der Waals surface area (Å²) < 4.78 is 42.8. The summed E-state index contributed by atoms with van der Waals surface area (Å²) in [7, 11) is 0. The Morgan fingerprint density at radius 3 is 2.33 bits per heavy atom. The summed E-state index contributed by atoms with van der Waals surface area (Å²) >= 11 is 0. The minimum Gasteiger partial charge on any atom is -0.484 e. The summed E-state index contributed by atoms with van der Waals surface area (Å²) in [4.78, 5) is 3.97. The summed E-state index contributed by atoms with van der Waals surface area (Å²) in [5.74, 6) is 0.103. The number of nitrogens with one attached hydrogen (secondary N) is 1. The fourth-order valence-electron chi connectivity index (χ4n) is 2.47. The first-order valence-electron chi connectivity index (χ1n) is 9.38. The molecule has 0 saturated heterocycles. The number of hydrogen-bond donors (Lipinski definition) is 1.